The molecule has 0 atom stereocenters. The van der Waals surface area contributed by atoms with Gasteiger partial charge in [0.2, 0.25) is 0 Å². The van der Waals surface area contributed by atoms with Crippen LogP contribution in [-0.2, 0) is 0 Å². The van der Waals surface area contributed by atoms with Crippen molar-refractivity contribution in [3.05, 3.63) is 128 Å². The van der Waals surface area contributed by atoms with Gasteiger partial charge < -0.3 is 5.32 Å². The van der Waals surface area contributed by atoms with Crippen molar-refractivity contribution in [3.63, 3.8) is 0 Å². The quantitative estimate of drug-likeness (QED) is 0.303. The highest BCUT2D eigenvalue weighted by molar-refractivity contribution is 5.98. The minimum Gasteiger partial charge on any atom is -0.354 e. The molecule has 2 heterocycles. The van der Waals surface area contributed by atoms with Gasteiger partial charge in [-0.1, -0.05) is 78.9 Å². The number of nitrogens with one attached hydrogen (secondary N) is 1. The minimum atomic E-state index is 0.932. The van der Waals surface area contributed by atoms with Crippen molar-refractivity contribution >= 4 is 22.3 Å². The van der Waals surface area contributed by atoms with E-state index in [2.05, 4.69) is 77.0 Å². The zero-order chi connectivity index (χ0) is 22.7. The smallest absolute Gasteiger partial charge is 0.103 e. The van der Waals surface area contributed by atoms with E-state index in [0.717, 1.165) is 50.5 Å². The summed E-state index contributed by atoms with van der Waals surface area (Å²) in [5.41, 5.74) is 8.08. The van der Waals surface area contributed by atoms with Crippen LogP contribution in [0.25, 0.3) is 39.1 Å². The molecule has 0 fully saturated rings. The summed E-state index contributed by atoms with van der Waals surface area (Å²) in [6, 6.07) is 41.2. The molecule has 4 nitrogen and oxygen atoms in total. The minimum absolute atomic E-state index is 0.932. The fourth-order valence-corrected chi connectivity index (χ4v) is 4.31. The Morgan fingerprint density at radius 2 is 1.21 bits per heavy atom. The Balaban J connectivity index is 1.49. The molecule has 4 aromatic carbocycles. The molecule has 0 saturated heterocycles. The van der Waals surface area contributed by atoms with E-state index in [0.29, 0.717) is 0 Å². The van der Waals surface area contributed by atoms with Crippen LogP contribution in [-0.4, -0.2) is 14.8 Å². The average molecular weight is 439 g/mol. The van der Waals surface area contributed by atoms with E-state index >= 15 is 0 Å². The largest absolute Gasteiger partial charge is 0.354 e. The second-order valence-electron chi connectivity index (χ2n) is 8.04. The Morgan fingerprint density at radius 1 is 0.559 bits per heavy atom. The van der Waals surface area contributed by atoms with Gasteiger partial charge in [-0.2, -0.15) is 5.10 Å². The van der Waals surface area contributed by atoms with Crippen LogP contribution in [0.1, 0.15) is 0 Å². The van der Waals surface area contributed by atoms with Crippen LogP contribution in [0.3, 0.4) is 0 Å². The van der Waals surface area contributed by atoms with Gasteiger partial charge in [0.1, 0.15) is 5.69 Å². The first-order chi connectivity index (χ1) is 16.9. The van der Waals surface area contributed by atoms with Gasteiger partial charge in [0.25, 0.3) is 0 Å². The highest BCUT2D eigenvalue weighted by atomic mass is 15.3. The number of aromatic nitrogens is 3. The Bertz CT molecular complexity index is 1570. The highest BCUT2D eigenvalue weighted by Gasteiger charge is 2.16. The summed E-state index contributed by atoms with van der Waals surface area (Å²) < 4.78 is 2.02. The lowest BCUT2D eigenvalue weighted by molar-refractivity contribution is 0.915. The molecule has 0 aliphatic rings. The predicted molar refractivity (Wildman–Crippen MR) is 139 cm³/mol. The first-order valence-electron chi connectivity index (χ1n) is 11.3. The van der Waals surface area contributed by atoms with Gasteiger partial charge in [-0.15, -0.1) is 0 Å². The van der Waals surface area contributed by atoms with Gasteiger partial charge in [-0.25, -0.2) is 4.68 Å². The fraction of sp³-hybridized carbons (Fsp3) is 0. The van der Waals surface area contributed by atoms with Crippen LogP contribution in [0, 0.1) is 0 Å². The van der Waals surface area contributed by atoms with Crippen molar-refractivity contribution in [1.29, 1.82) is 0 Å². The molecule has 4 heteroatoms. The molecule has 6 aromatic rings. The molecule has 2 aromatic heterocycles. The van der Waals surface area contributed by atoms with E-state index in [1.54, 1.807) is 0 Å². The molecule has 0 radical (unpaired) electrons. The van der Waals surface area contributed by atoms with Crippen LogP contribution in [0.2, 0.25) is 0 Å². The molecule has 0 unspecified atom stereocenters. The maximum absolute atomic E-state index is 5.08. The topological polar surface area (TPSA) is 42.7 Å². The molecule has 0 aliphatic carbocycles. The van der Waals surface area contributed by atoms with Crippen molar-refractivity contribution in [2.24, 2.45) is 0 Å². The lowest BCUT2D eigenvalue weighted by atomic mass is 10.0. The number of fused-ring (bicyclic) bond motifs is 1. The number of rotatable bonds is 5. The molecular weight excluding hydrogens is 416 g/mol. The van der Waals surface area contributed by atoms with Crippen molar-refractivity contribution in [2.45, 2.75) is 0 Å². The summed E-state index contributed by atoms with van der Waals surface area (Å²) in [6.07, 6.45) is 1.82. The summed E-state index contributed by atoms with van der Waals surface area (Å²) in [4.78, 5) is 4.55. The summed E-state index contributed by atoms with van der Waals surface area (Å²) in [5.74, 6) is 0. The Hall–Kier alpha value is -4.70. The van der Waals surface area contributed by atoms with Gasteiger partial charge >= 0.3 is 0 Å². The predicted octanol–water partition coefficient (Wildman–Crippen LogP) is 7.50. The number of hydrogen-bond donors (Lipinski definition) is 1. The number of anilines is 2. The lowest BCUT2D eigenvalue weighted by Crippen LogP contribution is -1.98. The summed E-state index contributed by atoms with van der Waals surface area (Å²) in [5, 5.41) is 9.85. The third-order valence-corrected chi connectivity index (χ3v) is 5.91. The second-order valence-corrected chi connectivity index (χ2v) is 8.04. The Morgan fingerprint density at radius 3 is 2.00 bits per heavy atom. The number of nitrogens with zero attached hydrogens (tertiary/aromatic N) is 3. The number of pyridine rings is 1. The molecular formula is C30H22N4. The molecule has 0 aliphatic heterocycles. The molecule has 0 amide bonds. The maximum Gasteiger partial charge on any atom is 0.103 e. The maximum atomic E-state index is 5.08. The molecule has 0 saturated carbocycles. The number of benzene rings is 4. The zero-order valence-electron chi connectivity index (χ0n) is 18.5. The second kappa shape index (κ2) is 8.68. The number of para-hydroxylation sites is 4. The van der Waals surface area contributed by atoms with Crippen LogP contribution < -0.4 is 5.32 Å². The molecule has 0 bridgehead atoms. The number of hydrogen-bond acceptors (Lipinski definition) is 3. The van der Waals surface area contributed by atoms with E-state index in [1.165, 1.54) is 0 Å². The van der Waals surface area contributed by atoms with E-state index in [-0.39, 0.29) is 0 Å². The van der Waals surface area contributed by atoms with Crippen molar-refractivity contribution < 1.29 is 0 Å². The third kappa shape index (κ3) is 3.61. The van der Waals surface area contributed by atoms with Gasteiger partial charge in [-0.05, 0) is 42.5 Å². The Labute approximate surface area is 198 Å². The SMILES string of the molecule is c1ccc(-n2nc(-c3ccccc3Nc3ccccc3-c3ccccn3)c3ccccc32)cc1. The first kappa shape index (κ1) is 19.9. The van der Waals surface area contributed by atoms with Crippen molar-refractivity contribution in [1.82, 2.24) is 14.8 Å². The standard InChI is InChI=1S/C30H22N4/c1-2-12-22(13-3-1)34-29-20-9-6-16-25(29)30(33-34)24-15-5-8-19-28(24)32-27-18-7-4-14-23(27)26-17-10-11-21-31-26/h1-21,32H. The van der Waals surface area contributed by atoms with E-state index in [1.807, 2.05) is 65.5 Å². The Kier molecular flexibility index (Phi) is 5.09. The zero-order valence-corrected chi connectivity index (χ0v) is 18.5. The molecule has 6 rings (SSSR count). The monoisotopic (exact) mass is 438 g/mol. The molecule has 34 heavy (non-hydrogen) atoms. The van der Waals surface area contributed by atoms with Gasteiger partial charge in [-0.3, -0.25) is 4.98 Å². The summed E-state index contributed by atoms with van der Waals surface area (Å²) in [7, 11) is 0. The highest BCUT2D eigenvalue weighted by Crippen LogP contribution is 2.37. The van der Waals surface area contributed by atoms with E-state index in [4.69, 9.17) is 5.10 Å². The van der Waals surface area contributed by atoms with Gasteiger partial charge in [0.15, 0.2) is 0 Å². The van der Waals surface area contributed by atoms with E-state index in [9.17, 15) is 0 Å². The normalized spacial score (nSPS) is 10.9. The molecule has 162 valence electrons. The van der Waals surface area contributed by atoms with Crippen molar-refractivity contribution in [3.8, 4) is 28.2 Å². The first-order valence-corrected chi connectivity index (χ1v) is 11.3. The summed E-state index contributed by atoms with van der Waals surface area (Å²) in [6.45, 7) is 0. The molecule has 1 N–H and O–H groups in total. The van der Waals surface area contributed by atoms with Crippen LogP contribution in [0.5, 0.6) is 0 Å². The summed E-state index contributed by atoms with van der Waals surface area (Å²) >= 11 is 0. The molecule has 0 spiro atoms. The van der Waals surface area contributed by atoms with Gasteiger partial charge in [0, 0.05) is 34.1 Å². The van der Waals surface area contributed by atoms with E-state index < -0.39 is 0 Å². The fourth-order valence-electron chi connectivity index (χ4n) is 4.31. The third-order valence-electron chi connectivity index (χ3n) is 5.91. The van der Waals surface area contributed by atoms with Gasteiger partial charge in [0.05, 0.1) is 16.9 Å². The van der Waals surface area contributed by atoms with Crippen LogP contribution >= 0.6 is 0 Å². The average Bonchev–Trinajstić information content (AvgIpc) is 3.30. The lowest BCUT2D eigenvalue weighted by Gasteiger charge is -2.14. The van der Waals surface area contributed by atoms with Crippen LogP contribution in [0.15, 0.2) is 128 Å². The van der Waals surface area contributed by atoms with Crippen molar-refractivity contribution in [2.75, 3.05) is 5.32 Å². The van der Waals surface area contributed by atoms with Crippen LogP contribution in [0.4, 0.5) is 11.4 Å².